The van der Waals surface area contributed by atoms with Crippen molar-refractivity contribution in [1.82, 2.24) is 9.55 Å². The number of fused-ring (bicyclic) bond motifs is 1. The number of ether oxygens (including phenoxy) is 3. The number of hydrogen-bond acceptors (Lipinski definition) is 7. The van der Waals surface area contributed by atoms with E-state index < -0.39 is 5.97 Å². The topological polar surface area (TPSA) is 79.7 Å². The predicted octanol–water partition coefficient (Wildman–Crippen LogP) is 4.37. The van der Waals surface area contributed by atoms with Gasteiger partial charge in [-0.25, -0.2) is 9.78 Å². The normalized spacial score (nSPS) is 10.9. The fraction of sp³-hybridized carbons (Fsp3) is 0.240. The Hall–Kier alpha value is -3.65. The fourth-order valence-corrected chi connectivity index (χ4v) is 4.51. The molecular weight excluding hydrogens is 440 g/mol. The summed E-state index contributed by atoms with van der Waals surface area (Å²) in [4.78, 5) is 30.4. The molecule has 0 saturated heterocycles. The Morgan fingerprint density at radius 2 is 1.88 bits per heavy atom. The summed E-state index contributed by atoms with van der Waals surface area (Å²) >= 11 is 1.44. The summed E-state index contributed by atoms with van der Waals surface area (Å²) in [6, 6.07) is 13.2. The Morgan fingerprint density at radius 3 is 2.64 bits per heavy atom. The molecule has 7 nitrogen and oxygen atoms in total. The second kappa shape index (κ2) is 9.87. The highest BCUT2D eigenvalue weighted by Gasteiger charge is 2.15. The highest BCUT2D eigenvalue weighted by Crippen LogP contribution is 2.33. The van der Waals surface area contributed by atoms with Crippen LogP contribution in [-0.2, 0) is 16.1 Å². The molecule has 4 rings (SSSR count). The van der Waals surface area contributed by atoms with E-state index in [0.29, 0.717) is 21.7 Å². The molecule has 0 atom stereocenters. The van der Waals surface area contributed by atoms with Crippen LogP contribution >= 0.6 is 11.3 Å². The first kappa shape index (κ1) is 22.5. The lowest BCUT2D eigenvalue weighted by Crippen LogP contribution is -2.24. The smallest absolute Gasteiger partial charge is 0.344 e. The number of nitrogens with zero attached hydrogens (tertiary/aromatic N) is 2. The molecule has 8 heteroatoms. The van der Waals surface area contributed by atoms with Gasteiger partial charge in [0.2, 0.25) is 0 Å². The molecule has 0 aliphatic heterocycles. The monoisotopic (exact) mass is 464 g/mol. The van der Waals surface area contributed by atoms with Gasteiger partial charge in [0.05, 0.1) is 25.4 Å². The minimum absolute atomic E-state index is 0.0320. The summed E-state index contributed by atoms with van der Waals surface area (Å²) in [7, 11) is 1.53. The van der Waals surface area contributed by atoms with Gasteiger partial charge >= 0.3 is 5.97 Å². The molecule has 0 amide bonds. The van der Waals surface area contributed by atoms with Crippen LogP contribution in [0.15, 0.2) is 59.0 Å². The van der Waals surface area contributed by atoms with Gasteiger partial charge in [0.15, 0.2) is 18.1 Å². The molecule has 0 saturated carbocycles. The van der Waals surface area contributed by atoms with E-state index in [2.05, 4.69) is 11.1 Å². The third-order valence-electron chi connectivity index (χ3n) is 5.24. The van der Waals surface area contributed by atoms with Gasteiger partial charge < -0.3 is 14.2 Å². The van der Waals surface area contributed by atoms with Crippen molar-refractivity contribution >= 4 is 27.5 Å². The molecule has 0 fully saturated rings. The molecular formula is C25H24N2O5S. The molecule has 0 radical (unpaired) electrons. The Kier molecular flexibility index (Phi) is 6.74. The van der Waals surface area contributed by atoms with Gasteiger partial charge in [-0.05, 0) is 37.1 Å². The van der Waals surface area contributed by atoms with Crippen molar-refractivity contribution in [3.8, 4) is 22.6 Å². The summed E-state index contributed by atoms with van der Waals surface area (Å²) in [6.45, 7) is 4.05. The number of esters is 1. The van der Waals surface area contributed by atoms with Crippen LogP contribution in [-0.4, -0.2) is 35.8 Å². The van der Waals surface area contributed by atoms with E-state index in [1.165, 1.54) is 34.9 Å². The van der Waals surface area contributed by atoms with Gasteiger partial charge in [-0.1, -0.05) is 35.9 Å². The molecule has 0 aliphatic carbocycles. The molecule has 0 aliphatic rings. The summed E-state index contributed by atoms with van der Waals surface area (Å²) in [5.41, 5.74) is 4.01. The summed E-state index contributed by atoms with van der Waals surface area (Å²) in [5, 5.41) is 2.55. The van der Waals surface area contributed by atoms with E-state index >= 15 is 0 Å². The highest BCUT2D eigenvalue weighted by atomic mass is 32.1. The lowest BCUT2D eigenvalue weighted by Gasteiger charge is -2.11. The van der Waals surface area contributed by atoms with Gasteiger partial charge in [0.1, 0.15) is 11.4 Å². The third kappa shape index (κ3) is 4.90. The summed E-state index contributed by atoms with van der Waals surface area (Å²) in [5.74, 6) is 0.459. The number of para-hydroxylation sites is 2. The zero-order valence-electron chi connectivity index (χ0n) is 18.7. The first-order valence-electron chi connectivity index (χ1n) is 10.4. The Bertz CT molecular complexity index is 1360. The van der Waals surface area contributed by atoms with Crippen LogP contribution in [0.5, 0.6) is 11.5 Å². The van der Waals surface area contributed by atoms with Crippen LogP contribution < -0.4 is 15.0 Å². The van der Waals surface area contributed by atoms with Crippen molar-refractivity contribution < 1.29 is 19.0 Å². The van der Waals surface area contributed by atoms with Gasteiger partial charge in [0, 0.05) is 10.9 Å². The highest BCUT2D eigenvalue weighted by molar-refractivity contribution is 7.17. The van der Waals surface area contributed by atoms with Crippen molar-refractivity contribution in [3.63, 3.8) is 0 Å². The van der Waals surface area contributed by atoms with Crippen LogP contribution in [0.2, 0.25) is 0 Å². The van der Waals surface area contributed by atoms with E-state index in [9.17, 15) is 9.59 Å². The van der Waals surface area contributed by atoms with Crippen molar-refractivity contribution in [2.75, 3.05) is 20.3 Å². The number of carbonyl (C=O) groups excluding carboxylic acids is 1. The number of aryl methyl sites for hydroxylation is 2. The van der Waals surface area contributed by atoms with Crippen molar-refractivity contribution in [3.05, 3.63) is 75.7 Å². The van der Waals surface area contributed by atoms with Gasteiger partial charge in [0.25, 0.3) is 5.56 Å². The second-order valence-electron chi connectivity index (χ2n) is 7.55. The van der Waals surface area contributed by atoms with Crippen LogP contribution in [0.25, 0.3) is 21.3 Å². The van der Waals surface area contributed by atoms with Gasteiger partial charge in [-0.2, -0.15) is 0 Å². The first-order valence-corrected chi connectivity index (χ1v) is 11.3. The minimum atomic E-state index is -0.533. The molecule has 2 heterocycles. The largest absolute Gasteiger partial charge is 0.493 e. The van der Waals surface area contributed by atoms with E-state index in [4.69, 9.17) is 14.2 Å². The first-order chi connectivity index (χ1) is 16.0. The lowest BCUT2D eigenvalue weighted by molar-refractivity contribution is -0.146. The Balaban J connectivity index is 1.43. The number of benzene rings is 2. The van der Waals surface area contributed by atoms with Crippen LogP contribution in [0.3, 0.4) is 0 Å². The number of thiophene rings is 1. The molecule has 0 spiro atoms. The maximum absolute atomic E-state index is 13.2. The van der Waals surface area contributed by atoms with E-state index in [1.807, 2.05) is 37.4 Å². The SMILES string of the molecule is COc1ccccc1OCC(=O)OCCn1cnc2scc(-c3ccc(C)cc3C)c2c1=O. The second-order valence-corrected chi connectivity index (χ2v) is 8.41. The maximum atomic E-state index is 13.2. The molecule has 170 valence electrons. The van der Waals surface area contributed by atoms with Crippen LogP contribution in [0.1, 0.15) is 11.1 Å². The molecule has 0 N–H and O–H groups in total. The average molecular weight is 465 g/mol. The number of hydrogen-bond donors (Lipinski definition) is 0. The van der Waals surface area contributed by atoms with Crippen molar-refractivity contribution in [2.45, 2.75) is 20.4 Å². The summed E-state index contributed by atoms with van der Waals surface area (Å²) in [6.07, 6.45) is 1.49. The predicted molar refractivity (Wildman–Crippen MR) is 128 cm³/mol. The van der Waals surface area contributed by atoms with E-state index in [0.717, 1.165) is 16.7 Å². The average Bonchev–Trinajstić information content (AvgIpc) is 3.24. The van der Waals surface area contributed by atoms with E-state index in [-0.39, 0.29) is 25.3 Å². The standard InChI is InChI=1S/C25H24N2O5S/c1-16-8-9-18(17(2)12-16)19-14-33-24-23(19)25(29)27(15-26-24)10-11-31-22(28)13-32-21-7-5-4-6-20(21)30-3/h4-9,12,14-15H,10-11,13H2,1-3H3. The van der Waals surface area contributed by atoms with Gasteiger partial charge in [-0.15, -0.1) is 11.3 Å². The number of aromatic nitrogens is 2. The molecule has 0 bridgehead atoms. The molecule has 4 aromatic rings. The number of rotatable bonds is 8. The van der Waals surface area contributed by atoms with E-state index in [1.54, 1.807) is 18.2 Å². The summed E-state index contributed by atoms with van der Waals surface area (Å²) < 4.78 is 17.4. The minimum Gasteiger partial charge on any atom is -0.493 e. The molecule has 0 unspecified atom stereocenters. The zero-order valence-corrected chi connectivity index (χ0v) is 19.5. The van der Waals surface area contributed by atoms with Crippen LogP contribution in [0.4, 0.5) is 0 Å². The zero-order chi connectivity index (χ0) is 23.4. The maximum Gasteiger partial charge on any atom is 0.344 e. The van der Waals surface area contributed by atoms with Gasteiger partial charge in [-0.3, -0.25) is 9.36 Å². The molecule has 2 aromatic heterocycles. The van der Waals surface area contributed by atoms with Crippen molar-refractivity contribution in [1.29, 1.82) is 0 Å². The molecule has 33 heavy (non-hydrogen) atoms. The van der Waals surface area contributed by atoms with Crippen molar-refractivity contribution in [2.24, 2.45) is 0 Å². The quantitative estimate of drug-likeness (QED) is 0.360. The third-order valence-corrected chi connectivity index (χ3v) is 6.13. The molecule has 2 aromatic carbocycles. The fourth-order valence-electron chi connectivity index (χ4n) is 3.62. The Morgan fingerprint density at radius 1 is 1.09 bits per heavy atom. The lowest BCUT2D eigenvalue weighted by atomic mass is 9.99. The number of methoxy groups -OCH3 is 1. The van der Waals surface area contributed by atoms with Crippen LogP contribution in [0, 0.1) is 13.8 Å². The Labute approximate surface area is 195 Å². The number of carbonyl (C=O) groups is 1.